The van der Waals surface area contributed by atoms with Crippen LogP contribution in [0.5, 0.6) is 0 Å². The molecular formula is C23H35N5O3S. The summed E-state index contributed by atoms with van der Waals surface area (Å²) in [5.41, 5.74) is 9.51. The standard InChI is InChI=1S/C23H35N5O3S/c1-4-19-20(26-22(29)14-25-11-7-10-24)12-17(23-15(2)27-31-16(23)3)13-21(19)32(30)28-18-8-5-6-9-18/h12-13,18,25,28H,4-11,14,24H2,1-3H3,(H,26,29). The van der Waals surface area contributed by atoms with E-state index in [2.05, 4.69) is 20.5 Å². The fraction of sp³-hybridized carbons (Fsp3) is 0.565. The zero-order valence-electron chi connectivity index (χ0n) is 19.3. The summed E-state index contributed by atoms with van der Waals surface area (Å²) >= 11 is -1.38. The second-order valence-corrected chi connectivity index (χ2v) is 9.50. The fourth-order valence-electron chi connectivity index (χ4n) is 4.21. The van der Waals surface area contributed by atoms with Gasteiger partial charge in [-0.3, -0.25) is 4.79 Å². The molecule has 1 atom stereocenters. The molecule has 5 N–H and O–H groups in total. The van der Waals surface area contributed by atoms with Crippen LogP contribution >= 0.6 is 0 Å². The van der Waals surface area contributed by atoms with Gasteiger partial charge >= 0.3 is 0 Å². The van der Waals surface area contributed by atoms with Gasteiger partial charge in [-0.25, -0.2) is 0 Å². The SMILES string of the molecule is CCc1c(NC(=O)CNCCCN)cc(-c2c(C)noc2C)cc1[S+]([O-])NC1CCCC1. The number of hydrogen-bond donors (Lipinski definition) is 4. The monoisotopic (exact) mass is 461 g/mol. The molecule has 32 heavy (non-hydrogen) atoms. The number of benzene rings is 1. The fourth-order valence-corrected chi connectivity index (χ4v) is 5.59. The first kappa shape index (κ1) is 24.7. The van der Waals surface area contributed by atoms with E-state index in [4.69, 9.17) is 10.3 Å². The van der Waals surface area contributed by atoms with E-state index in [0.717, 1.165) is 54.5 Å². The van der Waals surface area contributed by atoms with Crippen LogP contribution in [0.2, 0.25) is 0 Å². The van der Waals surface area contributed by atoms with Crippen LogP contribution in [0.3, 0.4) is 0 Å². The minimum atomic E-state index is -1.38. The number of nitrogens with one attached hydrogen (secondary N) is 3. The second kappa shape index (κ2) is 11.8. The maximum absolute atomic E-state index is 13.4. The molecule has 1 aromatic heterocycles. The number of amides is 1. The predicted molar refractivity (Wildman–Crippen MR) is 128 cm³/mol. The molecule has 0 spiro atoms. The van der Waals surface area contributed by atoms with Crippen molar-refractivity contribution < 1.29 is 13.9 Å². The normalized spacial score (nSPS) is 15.3. The van der Waals surface area contributed by atoms with E-state index in [1.54, 1.807) is 0 Å². The molecule has 1 heterocycles. The van der Waals surface area contributed by atoms with Crippen LogP contribution in [0.25, 0.3) is 11.1 Å². The molecule has 8 nitrogen and oxygen atoms in total. The Hall–Kier alpha value is -1.91. The van der Waals surface area contributed by atoms with Crippen LogP contribution in [0.4, 0.5) is 5.69 Å². The molecular weight excluding hydrogens is 426 g/mol. The van der Waals surface area contributed by atoms with Crippen LogP contribution in [-0.2, 0) is 22.6 Å². The Morgan fingerprint density at radius 2 is 2.06 bits per heavy atom. The summed E-state index contributed by atoms with van der Waals surface area (Å²) in [5, 5.41) is 10.2. The quantitative estimate of drug-likeness (QED) is 0.299. The first-order chi connectivity index (χ1) is 15.4. The molecule has 2 aromatic rings. The first-order valence-corrected chi connectivity index (χ1v) is 12.6. The van der Waals surface area contributed by atoms with Gasteiger partial charge in [-0.05, 0) is 64.3 Å². The van der Waals surface area contributed by atoms with Gasteiger partial charge in [0.15, 0.2) is 4.90 Å². The van der Waals surface area contributed by atoms with Crippen molar-refractivity contribution in [3.8, 4) is 11.1 Å². The number of nitrogens with two attached hydrogens (primary N) is 1. The molecule has 3 rings (SSSR count). The van der Waals surface area contributed by atoms with Crippen LogP contribution in [0, 0.1) is 13.8 Å². The van der Waals surface area contributed by atoms with Crippen molar-refractivity contribution in [2.24, 2.45) is 5.73 Å². The highest BCUT2D eigenvalue weighted by atomic mass is 32.2. The summed E-state index contributed by atoms with van der Waals surface area (Å²) in [6, 6.07) is 4.13. The lowest BCUT2D eigenvalue weighted by atomic mass is 9.99. The van der Waals surface area contributed by atoms with E-state index in [9.17, 15) is 9.35 Å². The number of rotatable bonds is 11. The van der Waals surface area contributed by atoms with Gasteiger partial charge in [-0.2, -0.15) is 0 Å². The summed E-state index contributed by atoms with van der Waals surface area (Å²) < 4.78 is 22.0. The molecule has 0 radical (unpaired) electrons. The Labute approximate surface area is 193 Å². The van der Waals surface area contributed by atoms with Gasteiger partial charge in [0.25, 0.3) is 0 Å². The maximum atomic E-state index is 13.4. The van der Waals surface area contributed by atoms with Crippen molar-refractivity contribution >= 4 is 23.0 Å². The Balaban J connectivity index is 1.94. The van der Waals surface area contributed by atoms with Crippen LogP contribution in [0.15, 0.2) is 21.6 Å². The highest BCUT2D eigenvalue weighted by Crippen LogP contribution is 2.35. The van der Waals surface area contributed by atoms with E-state index in [-0.39, 0.29) is 18.5 Å². The van der Waals surface area contributed by atoms with E-state index < -0.39 is 11.4 Å². The van der Waals surface area contributed by atoms with E-state index in [1.807, 2.05) is 32.9 Å². The van der Waals surface area contributed by atoms with Gasteiger partial charge in [-0.1, -0.05) is 24.9 Å². The zero-order chi connectivity index (χ0) is 23.1. The molecule has 0 bridgehead atoms. The number of carbonyl (C=O) groups excluding carboxylic acids is 1. The van der Waals surface area contributed by atoms with Crippen molar-refractivity contribution in [3.05, 3.63) is 29.2 Å². The van der Waals surface area contributed by atoms with Gasteiger partial charge in [0.1, 0.15) is 5.76 Å². The lowest BCUT2D eigenvalue weighted by Gasteiger charge is -2.21. The smallest absolute Gasteiger partial charge is 0.238 e. The van der Waals surface area contributed by atoms with Gasteiger partial charge < -0.3 is 25.4 Å². The van der Waals surface area contributed by atoms with Crippen LogP contribution < -0.4 is 21.1 Å². The largest absolute Gasteiger partial charge is 0.593 e. The molecule has 1 unspecified atom stereocenters. The van der Waals surface area contributed by atoms with E-state index in [1.165, 1.54) is 0 Å². The van der Waals surface area contributed by atoms with Crippen LogP contribution in [0.1, 0.15) is 56.0 Å². The van der Waals surface area contributed by atoms with Crippen molar-refractivity contribution in [3.63, 3.8) is 0 Å². The molecule has 1 aliphatic carbocycles. The molecule has 1 amide bonds. The van der Waals surface area contributed by atoms with Crippen molar-refractivity contribution in [1.29, 1.82) is 0 Å². The van der Waals surface area contributed by atoms with Crippen LogP contribution in [-0.4, -0.2) is 41.3 Å². The third kappa shape index (κ3) is 6.11. The topological polar surface area (TPSA) is 128 Å². The van der Waals surface area contributed by atoms with E-state index in [0.29, 0.717) is 35.9 Å². The van der Waals surface area contributed by atoms with Crippen molar-refractivity contribution in [1.82, 2.24) is 15.2 Å². The molecule has 0 saturated heterocycles. The molecule has 1 aliphatic rings. The Morgan fingerprint density at radius 1 is 1.31 bits per heavy atom. The first-order valence-electron chi connectivity index (χ1n) is 11.4. The second-order valence-electron chi connectivity index (χ2n) is 8.29. The van der Waals surface area contributed by atoms with Crippen molar-refractivity contribution in [2.45, 2.75) is 70.2 Å². The lowest BCUT2D eigenvalue weighted by molar-refractivity contribution is -0.115. The average molecular weight is 462 g/mol. The minimum absolute atomic E-state index is 0.145. The summed E-state index contributed by atoms with van der Waals surface area (Å²) in [4.78, 5) is 13.3. The maximum Gasteiger partial charge on any atom is 0.238 e. The number of hydrogen-bond acceptors (Lipinski definition) is 7. The third-order valence-corrected chi connectivity index (χ3v) is 7.14. The van der Waals surface area contributed by atoms with Gasteiger partial charge in [-0.15, -0.1) is 4.72 Å². The minimum Gasteiger partial charge on any atom is -0.593 e. The highest BCUT2D eigenvalue weighted by molar-refractivity contribution is 7.89. The Bertz CT molecular complexity index is 892. The van der Waals surface area contributed by atoms with Gasteiger partial charge in [0, 0.05) is 22.9 Å². The summed E-state index contributed by atoms with van der Waals surface area (Å²) in [5.74, 6) is 0.543. The molecule has 0 aliphatic heterocycles. The molecule has 176 valence electrons. The molecule has 1 fully saturated rings. The Morgan fingerprint density at radius 3 is 2.69 bits per heavy atom. The highest BCUT2D eigenvalue weighted by Gasteiger charge is 2.27. The number of aromatic nitrogens is 1. The summed E-state index contributed by atoms with van der Waals surface area (Å²) in [6.45, 7) is 7.21. The lowest BCUT2D eigenvalue weighted by Crippen LogP contribution is -2.34. The number of anilines is 1. The predicted octanol–water partition coefficient (Wildman–Crippen LogP) is 2.95. The molecule has 1 aromatic carbocycles. The molecule has 9 heteroatoms. The Kier molecular flexibility index (Phi) is 9.12. The number of carbonyl (C=O) groups is 1. The third-order valence-electron chi connectivity index (χ3n) is 5.83. The summed E-state index contributed by atoms with van der Waals surface area (Å²) in [7, 11) is 0. The zero-order valence-corrected chi connectivity index (χ0v) is 20.1. The number of nitrogens with zero attached hydrogens (tertiary/aromatic N) is 1. The average Bonchev–Trinajstić information content (AvgIpc) is 3.40. The van der Waals surface area contributed by atoms with Crippen molar-refractivity contribution in [2.75, 3.05) is 25.0 Å². The number of aryl methyl sites for hydroxylation is 2. The van der Waals surface area contributed by atoms with E-state index >= 15 is 0 Å². The summed E-state index contributed by atoms with van der Waals surface area (Å²) in [6.07, 6.45) is 5.85. The van der Waals surface area contributed by atoms with Gasteiger partial charge in [0.05, 0.1) is 29.6 Å². The van der Waals surface area contributed by atoms with Gasteiger partial charge in [0.2, 0.25) is 5.91 Å². The molecule has 1 saturated carbocycles.